The fourth-order valence-corrected chi connectivity index (χ4v) is 4.10. The molecule has 0 atom stereocenters. The van der Waals surface area contributed by atoms with Crippen molar-refractivity contribution in [1.82, 2.24) is 20.3 Å². The lowest BCUT2D eigenvalue weighted by atomic mass is 10.0. The van der Waals surface area contributed by atoms with Gasteiger partial charge in [0.15, 0.2) is 5.82 Å². The molecule has 3 aromatic rings. The fourth-order valence-electron chi connectivity index (χ4n) is 4.10. The Hall–Kier alpha value is -3.26. The van der Waals surface area contributed by atoms with Crippen LogP contribution in [-0.4, -0.2) is 40.7 Å². The molecule has 0 saturated carbocycles. The fraction of sp³-hybridized carbons (Fsp3) is 0.348. The molecule has 2 aliphatic heterocycles. The summed E-state index contributed by atoms with van der Waals surface area (Å²) in [5, 5.41) is 6.58. The second-order valence-corrected chi connectivity index (χ2v) is 8.11. The first-order chi connectivity index (χ1) is 15.1. The molecule has 1 aromatic carbocycles. The van der Waals surface area contributed by atoms with Gasteiger partial charge in [0.25, 0.3) is 0 Å². The topological polar surface area (TPSA) is 75.2 Å². The Morgan fingerprint density at radius 2 is 2.06 bits per heavy atom. The van der Waals surface area contributed by atoms with Crippen molar-refractivity contribution in [2.24, 2.45) is 0 Å². The molecule has 5 rings (SSSR count). The smallest absolute Gasteiger partial charge is 0.237 e. The van der Waals surface area contributed by atoms with Crippen molar-refractivity contribution in [3.8, 4) is 17.1 Å². The van der Waals surface area contributed by atoms with E-state index in [4.69, 9.17) is 4.74 Å². The molecule has 0 saturated heterocycles. The van der Waals surface area contributed by atoms with Gasteiger partial charge in [0.05, 0.1) is 12.7 Å². The maximum Gasteiger partial charge on any atom is 0.237 e. The van der Waals surface area contributed by atoms with E-state index in [1.807, 2.05) is 12.1 Å². The van der Waals surface area contributed by atoms with E-state index in [9.17, 15) is 4.39 Å². The Morgan fingerprint density at radius 1 is 1.16 bits per heavy atom. The van der Waals surface area contributed by atoms with Crippen LogP contribution in [0.15, 0.2) is 36.7 Å². The van der Waals surface area contributed by atoms with Crippen LogP contribution in [0.3, 0.4) is 0 Å². The first kappa shape index (κ1) is 19.7. The van der Waals surface area contributed by atoms with Gasteiger partial charge < -0.3 is 20.3 Å². The summed E-state index contributed by atoms with van der Waals surface area (Å²) in [6.45, 7) is 7.44. The molecule has 0 aliphatic carbocycles. The SMILES string of the molecule is CC(C)N1CCOc2ncc(-c3nc(Nc4ccc5c(c4)CCNC5)ncc3F)cc21. The lowest BCUT2D eigenvalue weighted by Crippen LogP contribution is -2.38. The molecule has 4 heterocycles. The molecule has 0 fully saturated rings. The Labute approximate surface area is 180 Å². The van der Waals surface area contributed by atoms with Crippen LogP contribution in [0.4, 0.5) is 21.7 Å². The number of hydrogen-bond donors (Lipinski definition) is 2. The van der Waals surface area contributed by atoms with Gasteiger partial charge in [-0.1, -0.05) is 6.07 Å². The number of nitrogens with one attached hydrogen (secondary N) is 2. The maximum atomic E-state index is 14.7. The van der Waals surface area contributed by atoms with Crippen molar-refractivity contribution in [2.45, 2.75) is 32.9 Å². The minimum absolute atomic E-state index is 0.212. The molecule has 0 unspecified atom stereocenters. The van der Waals surface area contributed by atoms with Crippen molar-refractivity contribution in [2.75, 3.05) is 29.9 Å². The predicted molar refractivity (Wildman–Crippen MR) is 118 cm³/mol. The standard InChI is InChI=1S/C23H25FN6O/c1-14(2)30-7-8-31-22-20(30)10-17(12-26-22)21-19(24)13-27-23(29-21)28-18-4-3-16-11-25-6-5-15(16)9-18/h3-4,9-10,12-14,25H,5-8,11H2,1-2H3,(H,27,28,29). The van der Waals surface area contributed by atoms with Gasteiger partial charge in [0.1, 0.15) is 18.0 Å². The van der Waals surface area contributed by atoms with Crippen LogP contribution < -0.4 is 20.3 Å². The quantitative estimate of drug-likeness (QED) is 0.667. The third-order valence-corrected chi connectivity index (χ3v) is 5.70. The monoisotopic (exact) mass is 420 g/mol. The first-order valence-corrected chi connectivity index (χ1v) is 10.6. The number of benzene rings is 1. The number of fused-ring (bicyclic) bond motifs is 2. The van der Waals surface area contributed by atoms with E-state index in [1.165, 1.54) is 17.3 Å². The van der Waals surface area contributed by atoms with E-state index in [0.29, 0.717) is 24.0 Å². The third kappa shape index (κ3) is 3.90. The maximum absolute atomic E-state index is 14.7. The van der Waals surface area contributed by atoms with Crippen LogP contribution in [0.1, 0.15) is 25.0 Å². The van der Waals surface area contributed by atoms with E-state index < -0.39 is 5.82 Å². The zero-order valence-electron chi connectivity index (χ0n) is 17.7. The van der Waals surface area contributed by atoms with E-state index in [2.05, 4.69) is 56.5 Å². The average Bonchev–Trinajstić information content (AvgIpc) is 2.79. The number of rotatable bonds is 4. The predicted octanol–water partition coefficient (Wildman–Crippen LogP) is 3.67. The van der Waals surface area contributed by atoms with Crippen molar-refractivity contribution in [3.05, 3.63) is 53.6 Å². The molecule has 2 aromatic heterocycles. The second kappa shape index (κ2) is 8.11. The average molecular weight is 420 g/mol. The Balaban J connectivity index is 1.46. The molecule has 0 amide bonds. The second-order valence-electron chi connectivity index (χ2n) is 8.11. The van der Waals surface area contributed by atoms with E-state index in [-0.39, 0.29) is 11.7 Å². The molecule has 0 bridgehead atoms. The summed E-state index contributed by atoms with van der Waals surface area (Å²) in [5.74, 6) is 0.427. The van der Waals surface area contributed by atoms with Gasteiger partial charge >= 0.3 is 0 Å². The van der Waals surface area contributed by atoms with E-state index >= 15 is 0 Å². The van der Waals surface area contributed by atoms with Crippen LogP contribution in [0.5, 0.6) is 5.88 Å². The highest BCUT2D eigenvalue weighted by Crippen LogP contribution is 2.35. The zero-order valence-corrected chi connectivity index (χ0v) is 17.7. The Bertz CT molecular complexity index is 1120. The first-order valence-electron chi connectivity index (χ1n) is 10.6. The molecular weight excluding hydrogens is 395 g/mol. The number of nitrogens with zero attached hydrogens (tertiary/aromatic N) is 4. The largest absolute Gasteiger partial charge is 0.474 e. The summed E-state index contributed by atoms with van der Waals surface area (Å²) in [5.41, 5.74) is 5.16. The third-order valence-electron chi connectivity index (χ3n) is 5.70. The molecule has 8 heteroatoms. The molecule has 0 spiro atoms. The lowest BCUT2D eigenvalue weighted by molar-refractivity contribution is 0.291. The van der Waals surface area contributed by atoms with Crippen LogP contribution in [0, 0.1) is 5.82 Å². The molecule has 0 radical (unpaired) electrons. The van der Waals surface area contributed by atoms with Gasteiger partial charge in [-0.15, -0.1) is 0 Å². The van der Waals surface area contributed by atoms with Crippen LogP contribution >= 0.6 is 0 Å². The normalized spacial score (nSPS) is 15.3. The number of ether oxygens (including phenoxy) is 1. The molecule has 2 N–H and O–H groups in total. The van der Waals surface area contributed by atoms with Gasteiger partial charge in [-0.2, -0.15) is 0 Å². The van der Waals surface area contributed by atoms with E-state index in [1.54, 1.807) is 6.20 Å². The summed E-state index contributed by atoms with van der Waals surface area (Å²) >= 11 is 0. The van der Waals surface area contributed by atoms with Crippen LogP contribution in [0.25, 0.3) is 11.3 Å². The summed E-state index contributed by atoms with van der Waals surface area (Å²) in [4.78, 5) is 15.2. The number of aromatic nitrogens is 3. The molecular formula is C23H25FN6O. The number of pyridine rings is 1. The highest BCUT2D eigenvalue weighted by molar-refractivity contribution is 5.70. The Morgan fingerprint density at radius 3 is 2.94 bits per heavy atom. The highest BCUT2D eigenvalue weighted by atomic mass is 19.1. The van der Waals surface area contributed by atoms with Gasteiger partial charge in [0, 0.05) is 30.0 Å². The van der Waals surface area contributed by atoms with Crippen LogP contribution in [0.2, 0.25) is 0 Å². The summed E-state index contributed by atoms with van der Waals surface area (Å²) in [6, 6.07) is 8.38. The Kier molecular flexibility index (Phi) is 5.15. The van der Waals surface area contributed by atoms with Crippen molar-refractivity contribution >= 4 is 17.3 Å². The zero-order chi connectivity index (χ0) is 21.4. The number of anilines is 3. The summed E-state index contributed by atoms with van der Waals surface area (Å²) in [6.07, 6.45) is 3.78. The molecule has 160 valence electrons. The van der Waals surface area contributed by atoms with Crippen molar-refractivity contribution in [3.63, 3.8) is 0 Å². The van der Waals surface area contributed by atoms with E-state index in [0.717, 1.165) is 37.4 Å². The minimum Gasteiger partial charge on any atom is -0.474 e. The summed E-state index contributed by atoms with van der Waals surface area (Å²) < 4.78 is 20.4. The van der Waals surface area contributed by atoms with Gasteiger partial charge in [0.2, 0.25) is 11.8 Å². The minimum atomic E-state index is -0.489. The van der Waals surface area contributed by atoms with Crippen LogP contribution in [-0.2, 0) is 13.0 Å². The molecule has 31 heavy (non-hydrogen) atoms. The lowest BCUT2D eigenvalue weighted by Gasteiger charge is -2.33. The van der Waals surface area contributed by atoms with Gasteiger partial charge in [-0.3, -0.25) is 0 Å². The van der Waals surface area contributed by atoms with Gasteiger partial charge in [-0.05, 0) is 56.1 Å². The molecule has 2 aliphatic rings. The highest BCUT2D eigenvalue weighted by Gasteiger charge is 2.23. The number of hydrogen-bond acceptors (Lipinski definition) is 7. The van der Waals surface area contributed by atoms with Crippen molar-refractivity contribution < 1.29 is 9.13 Å². The molecule has 7 nitrogen and oxygen atoms in total. The van der Waals surface area contributed by atoms with Gasteiger partial charge in [-0.25, -0.2) is 19.3 Å². The van der Waals surface area contributed by atoms with Crippen molar-refractivity contribution in [1.29, 1.82) is 0 Å². The number of halogens is 1. The summed E-state index contributed by atoms with van der Waals surface area (Å²) in [7, 11) is 0.